The van der Waals surface area contributed by atoms with Crippen molar-refractivity contribution in [3.05, 3.63) is 56.9 Å². The van der Waals surface area contributed by atoms with Gasteiger partial charge in [0.15, 0.2) is 6.61 Å². The fraction of sp³-hybridized carbons (Fsp3) is 0.429. The van der Waals surface area contributed by atoms with Crippen LogP contribution in [0.15, 0.2) is 24.3 Å². The minimum absolute atomic E-state index is 0.0289. The molecule has 9 heteroatoms. The SMILES string of the molecule is COC[C@H](C)n1c(C)cc(C(=O)COC(=O)c2cc([N+](=O)[O-])ccc2N(C)C)c1C. The third kappa shape index (κ3) is 4.85. The molecular weight excluding hydrogens is 390 g/mol. The van der Waals surface area contributed by atoms with Crippen LogP contribution in [0, 0.1) is 24.0 Å². The number of benzene rings is 1. The highest BCUT2D eigenvalue weighted by Gasteiger charge is 2.23. The van der Waals surface area contributed by atoms with Crippen molar-refractivity contribution >= 4 is 23.1 Å². The van der Waals surface area contributed by atoms with Gasteiger partial charge >= 0.3 is 5.97 Å². The molecule has 1 aromatic carbocycles. The number of nitrogens with zero attached hydrogens (tertiary/aromatic N) is 3. The van der Waals surface area contributed by atoms with Crippen LogP contribution in [0.25, 0.3) is 0 Å². The molecule has 0 radical (unpaired) electrons. The predicted octanol–water partition coefficient (Wildman–Crippen LogP) is 3.33. The number of nitro groups is 1. The third-order valence-corrected chi connectivity index (χ3v) is 4.86. The van der Waals surface area contributed by atoms with E-state index in [1.807, 2.05) is 25.3 Å². The highest BCUT2D eigenvalue weighted by atomic mass is 16.6. The normalized spacial score (nSPS) is 11.8. The van der Waals surface area contributed by atoms with Crippen LogP contribution in [0.3, 0.4) is 0 Å². The summed E-state index contributed by atoms with van der Waals surface area (Å²) < 4.78 is 12.4. The van der Waals surface area contributed by atoms with E-state index in [1.165, 1.54) is 12.1 Å². The van der Waals surface area contributed by atoms with Gasteiger partial charge in [-0.2, -0.15) is 0 Å². The lowest BCUT2D eigenvalue weighted by Crippen LogP contribution is -2.19. The first kappa shape index (κ1) is 23.1. The van der Waals surface area contributed by atoms with Crippen LogP contribution in [-0.4, -0.2) is 55.7 Å². The van der Waals surface area contributed by atoms with Gasteiger partial charge in [0, 0.05) is 50.3 Å². The molecule has 0 unspecified atom stereocenters. The average molecular weight is 417 g/mol. The van der Waals surface area contributed by atoms with E-state index < -0.39 is 17.5 Å². The monoisotopic (exact) mass is 417 g/mol. The molecule has 0 saturated heterocycles. The van der Waals surface area contributed by atoms with Gasteiger partial charge in [-0.15, -0.1) is 0 Å². The number of esters is 1. The number of hydrogen-bond donors (Lipinski definition) is 0. The second kappa shape index (κ2) is 9.53. The van der Waals surface area contributed by atoms with Crippen molar-refractivity contribution in [3.63, 3.8) is 0 Å². The minimum atomic E-state index is -0.794. The zero-order valence-corrected chi connectivity index (χ0v) is 18.1. The number of aromatic nitrogens is 1. The maximum Gasteiger partial charge on any atom is 0.340 e. The summed E-state index contributed by atoms with van der Waals surface area (Å²) in [6.45, 7) is 5.76. The molecule has 30 heavy (non-hydrogen) atoms. The predicted molar refractivity (Wildman–Crippen MR) is 113 cm³/mol. The first-order valence-corrected chi connectivity index (χ1v) is 9.41. The van der Waals surface area contributed by atoms with Crippen molar-refractivity contribution in [1.29, 1.82) is 0 Å². The molecule has 1 atom stereocenters. The molecule has 0 N–H and O–H groups in total. The molecular formula is C21H27N3O6. The molecule has 2 aromatic rings. The number of aryl methyl sites for hydroxylation is 1. The van der Waals surface area contributed by atoms with E-state index in [4.69, 9.17) is 9.47 Å². The lowest BCUT2D eigenvalue weighted by Gasteiger charge is -2.18. The van der Waals surface area contributed by atoms with Gasteiger partial charge in [-0.25, -0.2) is 4.79 Å². The van der Waals surface area contributed by atoms with Crippen molar-refractivity contribution in [2.75, 3.05) is 39.3 Å². The number of ketones is 1. The lowest BCUT2D eigenvalue weighted by atomic mass is 10.1. The molecule has 9 nitrogen and oxygen atoms in total. The summed E-state index contributed by atoms with van der Waals surface area (Å²) >= 11 is 0. The van der Waals surface area contributed by atoms with Crippen LogP contribution in [0.4, 0.5) is 11.4 Å². The second-order valence-corrected chi connectivity index (χ2v) is 7.31. The van der Waals surface area contributed by atoms with Crippen LogP contribution in [0.1, 0.15) is 45.1 Å². The molecule has 1 aromatic heterocycles. The van der Waals surface area contributed by atoms with E-state index in [0.29, 0.717) is 17.9 Å². The Kier molecular flexibility index (Phi) is 7.33. The Morgan fingerprint density at radius 3 is 2.43 bits per heavy atom. The van der Waals surface area contributed by atoms with Gasteiger partial charge in [0.25, 0.3) is 5.69 Å². The first-order chi connectivity index (χ1) is 14.1. The molecule has 0 aliphatic carbocycles. The van der Waals surface area contributed by atoms with Gasteiger partial charge < -0.3 is 18.9 Å². The average Bonchev–Trinajstić information content (AvgIpc) is 2.99. The van der Waals surface area contributed by atoms with Crippen LogP contribution in [0.5, 0.6) is 0 Å². The number of ether oxygens (including phenoxy) is 2. The molecule has 0 bridgehead atoms. The zero-order chi connectivity index (χ0) is 22.6. The van der Waals surface area contributed by atoms with Crippen LogP contribution < -0.4 is 4.90 Å². The Balaban J connectivity index is 2.21. The fourth-order valence-electron chi connectivity index (χ4n) is 3.53. The topological polar surface area (TPSA) is 104 Å². The summed E-state index contributed by atoms with van der Waals surface area (Å²) in [6.07, 6.45) is 0. The summed E-state index contributed by atoms with van der Waals surface area (Å²) in [5.74, 6) is -1.14. The lowest BCUT2D eigenvalue weighted by molar-refractivity contribution is -0.384. The maximum absolute atomic E-state index is 12.7. The Hall–Kier alpha value is -3.20. The molecule has 0 fully saturated rings. The zero-order valence-electron chi connectivity index (χ0n) is 18.1. The largest absolute Gasteiger partial charge is 0.454 e. The molecule has 0 spiro atoms. The van der Waals surface area contributed by atoms with E-state index in [1.54, 1.807) is 32.2 Å². The fourth-order valence-corrected chi connectivity index (χ4v) is 3.53. The standard InChI is InChI=1S/C21H27N3O6/c1-13-9-17(15(3)23(13)14(2)11-29-6)20(25)12-30-21(26)18-10-16(24(27)28)7-8-19(18)22(4)5/h7-10,14H,11-12H2,1-6H3/t14-/m0/s1. The number of hydrogen-bond acceptors (Lipinski definition) is 7. The Morgan fingerprint density at radius 1 is 1.20 bits per heavy atom. The number of nitro benzene ring substituents is 1. The molecule has 162 valence electrons. The van der Waals surface area contributed by atoms with Crippen molar-refractivity contribution in [1.82, 2.24) is 4.57 Å². The van der Waals surface area contributed by atoms with Gasteiger partial charge in [-0.1, -0.05) is 0 Å². The molecule has 0 amide bonds. The Morgan fingerprint density at radius 2 is 1.87 bits per heavy atom. The quantitative estimate of drug-likeness (QED) is 0.267. The van der Waals surface area contributed by atoms with Crippen molar-refractivity contribution in [3.8, 4) is 0 Å². The molecule has 0 saturated carbocycles. The summed E-state index contributed by atoms with van der Waals surface area (Å²) in [5, 5.41) is 11.1. The van der Waals surface area contributed by atoms with Crippen LogP contribution >= 0.6 is 0 Å². The number of carbonyl (C=O) groups excluding carboxylic acids is 2. The van der Waals surface area contributed by atoms with Gasteiger partial charge in [-0.05, 0) is 32.9 Å². The smallest absolute Gasteiger partial charge is 0.340 e. The molecule has 2 rings (SSSR count). The number of rotatable bonds is 9. The van der Waals surface area contributed by atoms with Crippen molar-refractivity contribution in [2.24, 2.45) is 0 Å². The number of anilines is 1. The van der Waals surface area contributed by atoms with Gasteiger partial charge in [0.1, 0.15) is 0 Å². The second-order valence-electron chi connectivity index (χ2n) is 7.31. The number of Topliss-reactive ketones (excluding diaryl/α,β-unsaturated/α-hetero) is 1. The summed E-state index contributed by atoms with van der Waals surface area (Å²) in [6, 6.07) is 5.75. The minimum Gasteiger partial charge on any atom is -0.454 e. The van der Waals surface area contributed by atoms with Crippen LogP contribution in [0.2, 0.25) is 0 Å². The summed E-state index contributed by atoms with van der Waals surface area (Å²) in [7, 11) is 5.03. The van der Waals surface area contributed by atoms with Gasteiger partial charge in [-0.3, -0.25) is 14.9 Å². The highest BCUT2D eigenvalue weighted by Crippen LogP contribution is 2.25. The van der Waals surface area contributed by atoms with E-state index in [2.05, 4.69) is 0 Å². The highest BCUT2D eigenvalue weighted by molar-refractivity contribution is 6.02. The number of non-ortho nitro benzene ring substituents is 1. The molecule has 0 aliphatic rings. The summed E-state index contributed by atoms with van der Waals surface area (Å²) in [5.41, 5.74) is 2.40. The molecule has 1 heterocycles. The van der Waals surface area contributed by atoms with E-state index in [-0.39, 0.29) is 23.1 Å². The van der Waals surface area contributed by atoms with Crippen molar-refractivity contribution < 1.29 is 24.0 Å². The van der Waals surface area contributed by atoms with Gasteiger partial charge in [0.2, 0.25) is 5.78 Å². The number of carbonyl (C=O) groups is 2. The van der Waals surface area contributed by atoms with E-state index in [9.17, 15) is 19.7 Å². The molecule has 0 aliphatic heterocycles. The third-order valence-electron chi connectivity index (χ3n) is 4.86. The van der Waals surface area contributed by atoms with E-state index in [0.717, 1.165) is 17.5 Å². The van der Waals surface area contributed by atoms with E-state index >= 15 is 0 Å². The van der Waals surface area contributed by atoms with Gasteiger partial charge in [0.05, 0.1) is 28.8 Å². The Labute approximate surface area is 175 Å². The van der Waals surface area contributed by atoms with Crippen molar-refractivity contribution in [2.45, 2.75) is 26.8 Å². The van der Waals surface area contributed by atoms with Crippen LogP contribution in [-0.2, 0) is 9.47 Å². The maximum atomic E-state index is 12.7. The Bertz CT molecular complexity index is 964. The number of methoxy groups -OCH3 is 1. The summed E-state index contributed by atoms with van der Waals surface area (Å²) in [4.78, 5) is 37.4. The first-order valence-electron chi connectivity index (χ1n) is 9.41.